The van der Waals surface area contributed by atoms with Crippen LogP contribution in [-0.2, 0) is 0 Å². The normalized spacial score (nSPS) is 12.2. The van der Waals surface area contributed by atoms with Crippen LogP contribution in [0.25, 0.3) is 60.6 Å². The third-order valence-corrected chi connectivity index (χ3v) is 6.38. The molecule has 6 heteroatoms. The Morgan fingerprint density at radius 3 is 2.38 bits per heavy atom. The molecule has 0 amide bonds. The molecule has 0 atom stereocenters. The van der Waals surface area contributed by atoms with Gasteiger partial charge in [0.25, 0.3) is 0 Å². The van der Waals surface area contributed by atoms with Gasteiger partial charge in [-0.25, -0.2) is 0 Å². The van der Waals surface area contributed by atoms with E-state index in [0.29, 0.717) is 27.7 Å². The molecule has 0 radical (unpaired) electrons. The van der Waals surface area contributed by atoms with Gasteiger partial charge in [0, 0.05) is 22.2 Å². The zero-order chi connectivity index (χ0) is 21.6. The Kier molecular flexibility index (Phi) is 3.29. The van der Waals surface area contributed by atoms with Crippen molar-refractivity contribution in [1.82, 2.24) is 4.57 Å². The van der Waals surface area contributed by atoms with E-state index in [-0.39, 0.29) is 11.5 Å². The highest BCUT2D eigenvalue weighted by Crippen LogP contribution is 2.44. The largest absolute Gasteiger partial charge is 0.508 e. The molecule has 0 saturated carbocycles. The number of phenolic OH excluding ortho intramolecular Hbond substituents is 2. The summed E-state index contributed by atoms with van der Waals surface area (Å²) in [6.07, 6.45) is 0. The van der Waals surface area contributed by atoms with Crippen molar-refractivity contribution >= 4 is 66.3 Å². The van der Waals surface area contributed by atoms with Crippen LogP contribution in [0, 0.1) is 0 Å². The predicted molar refractivity (Wildman–Crippen MR) is 126 cm³/mol. The molecule has 154 valence electrons. The molecule has 7 rings (SSSR count). The lowest BCUT2D eigenvalue weighted by molar-refractivity contribution is 0.475. The van der Waals surface area contributed by atoms with Gasteiger partial charge in [0.15, 0.2) is 5.58 Å². The smallest absolute Gasteiger partial charge is 0.224 e. The van der Waals surface area contributed by atoms with E-state index in [1.807, 2.05) is 53.1 Å². The van der Waals surface area contributed by atoms with Crippen LogP contribution < -0.4 is 0 Å². The first kappa shape index (κ1) is 17.6. The fourth-order valence-corrected chi connectivity index (χ4v) is 4.87. The Balaban J connectivity index is 1.70. The van der Waals surface area contributed by atoms with Crippen molar-refractivity contribution in [2.45, 2.75) is 0 Å². The molecule has 0 spiro atoms. The van der Waals surface area contributed by atoms with Crippen molar-refractivity contribution in [1.29, 1.82) is 0 Å². The van der Waals surface area contributed by atoms with E-state index in [1.54, 1.807) is 24.3 Å². The molecule has 4 aromatic carbocycles. The Morgan fingerprint density at radius 1 is 0.688 bits per heavy atom. The molecule has 32 heavy (non-hydrogen) atoms. The highest BCUT2D eigenvalue weighted by molar-refractivity contribution is 6.37. The molecule has 2 N–H and O–H groups in total. The average molecular weight is 440 g/mol. The number of halogens is 1. The summed E-state index contributed by atoms with van der Waals surface area (Å²) in [5.74, 6) is 0.802. The summed E-state index contributed by atoms with van der Waals surface area (Å²) in [7, 11) is 0. The van der Waals surface area contributed by atoms with Crippen LogP contribution in [0.15, 0.2) is 81.6 Å². The lowest BCUT2D eigenvalue weighted by Crippen LogP contribution is -1.92. The molecular weight excluding hydrogens is 426 g/mol. The fraction of sp³-hybridized carbons (Fsp3) is 0. The van der Waals surface area contributed by atoms with E-state index in [1.165, 1.54) is 0 Å². The maximum Gasteiger partial charge on any atom is 0.224 e. The number of hydrogen-bond acceptors (Lipinski definition) is 4. The Morgan fingerprint density at radius 2 is 1.50 bits per heavy atom. The van der Waals surface area contributed by atoms with E-state index in [4.69, 9.17) is 20.4 Å². The van der Waals surface area contributed by atoms with Gasteiger partial charge in [-0.15, -0.1) is 0 Å². The van der Waals surface area contributed by atoms with Gasteiger partial charge in [-0.2, -0.15) is 0 Å². The van der Waals surface area contributed by atoms with E-state index >= 15 is 0 Å². The van der Waals surface area contributed by atoms with Gasteiger partial charge in [-0.3, -0.25) is 4.57 Å². The van der Waals surface area contributed by atoms with Crippen molar-refractivity contribution in [3.63, 3.8) is 0 Å². The minimum Gasteiger partial charge on any atom is -0.508 e. The van der Waals surface area contributed by atoms with E-state index in [2.05, 4.69) is 0 Å². The first-order valence-electron chi connectivity index (χ1n) is 10.1. The maximum absolute atomic E-state index is 10.2. The molecule has 0 aliphatic carbocycles. The summed E-state index contributed by atoms with van der Waals surface area (Å²) in [5, 5.41) is 25.0. The highest BCUT2D eigenvalue weighted by atomic mass is 35.5. The number of benzene rings is 4. The molecule has 7 aromatic rings. The van der Waals surface area contributed by atoms with Gasteiger partial charge in [0.05, 0.1) is 5.52 Å². The fourth-order valence-electron chi connectivity index (χ4n) is 4.59. The maximum atomic E-state index is 10.2. The molecule has 0 unspecified atom stereocenters. The molecular formula is C26H14ClNO4. The number of nitrogens with zero attached hydrogens (tertiary/aromatic N) is 1. The second-order valence-corrected chi connectivity index (χ2v) is 8.29. The molecule has 0 bridgehead atoms. The number of aromatic nitrogens is 1. The van der Waals surface area contributed by atoms with Gasteiger partial charge in [-0.05, 0) is 59.3 Å². The standard InChI is InChI=1S/C26H14ClNO4/c27-23-18-3-1-2-4-21(18)32-26(23)28-20-12-16(30)7-8-17(20)25-24(28)19-10-13-5-6-15(29)9-14(13)11-22(19)31-25/h1-12,29-30H. The third kappa shape index (κ3) is 2.23. The topological polar surface area (TPSA) is 71.7 Å². The second-order valence-electron chi connectivity index (χ2n) is 7.91. The number of phenols is 2. The highest BCUT2D eigenvalue weighted by Gasteiger charge is 2.24. The summed E-state index contributed by atoms with van der Waals surface area (Å²) in [6, 6.07) is 21.9. The quantitative estimate of drug-likeness (QED) is 0.278. The van der Waals surface area contributed by atoms with E-state index < -0.39 is 0 Å². The zero-order valence-corrected chi connectivity index (χ0v) is 17.2. The predicted octanol–water partition coefficient (Wildman–Crippen LogP) is 7.49. The molecule has 3 heterocycles. The minimum atomic E-state index is 0.136. The number of fused-ring (bicyclic) bond motifs is 7. The van der Waals surface area contributed by atoms with Crippen molar-refractivity contribution in [3.8, 4) is 17.4 Å². The van der Waals surface area contributed by atoms with Crippen LogP contribution in [0.5, 0.6) is 11.5 Å². The Bertz CT molecular complexity index is 1870. The number of para-hydroxylation sites is 1. The van der Waals surface area contributed by atoms with Crippen LogP contribution in [0.1, 0.15) is 0 Å². The first-order valence-corrected chi connectivity index (χ1v) is 10.5. The summed E-state index contributed by atoms with van der Waals surface area (Å²) in [4.78, 5) is 0. The third-order valence-electron chi connectivity index (χ3n) is 6.02. The van der Waals surface area contributed by atoms with Crippen LogP contribution in [0.4, 0.5) is 0 Å². The van der Waals surface area contributed by atoms with E-state index in [0.717, 1.165) is 38.0 Å². The number of hydrogen-bond donors (Lipinski definition) is 2. The molecule has 3 aromatic heterocycles. The Hall–Kier alpha value is -4.09. The van der Waals surface area contributed by atoms with Crippen molar-refractivity contribution < 1.29 is 19.0 Å². The summed E-state index contributed by atoms with van der Waals surface area (Å²) < 4.78 is 14.4. The van der Waals surface area contributed by atoms with E-state index in [9.17, 15) is 10.2 Å². The van der Waals surface area contributed by atoms with Crippen LogP contribution in [-0.4, -0.2) is 14.8 Å². The van der Waals surface area contributed by atoms with Crippen LogP contribution in [0.2, 0.25) is 5.02 Å². The van der Waals surface area contributed by atoms with Crippen molar-refractivity contribution in [2.75, 3.05) is 0 Å². The van der Waals surface area contributed by atoms with Crippen molar-refractivity contribution in [2.24, 2.45) is 0 Å². The lowest BCUT2D eigenvalue weighted by Gasteiger charge is -2.05. The van der Waals surface area contributed by atoms with Gasteiger partial charge in [0.2, 0.25) is 5.88 Å². The number of rotatable bonds is 1. The molecule has 0 aliphatic heterocycles. The van der Waals surface area contributed by atoms with Crippen molar-refractivity contribution in [3.05, 3.63) is 77.8 Å². The minimum absolute atomic E-state index is 0.136. The zero-order valence-electron chi connectivity index (χ0n) is 16.5. The molecule has 0 aliphatic rings. The second kappa shape index (κ2) is 5.99. The van der Waals surface area contributed by atoms with Gasteiger partial charge >= 0.3 is 0 Å². The monoisotopic (exact) mass is 439 g/mol. The lowest BCUT2D eigenvalue weighted by atomic mass is 10.1. The SMILES string of the molecule is Oc1ccc2cc3c(cc2c1)oc1c2ccc(O)cc2n(-c2oc4ccccc4c2Cl)c31. The summed E-state index contributed by atoms with van der Waals surface area (Å²) >= 11 is 6.78. The van der Waals surface area contributed by atoms with Crippen LogP contribution in [0.3, 0.4) is 0 Å². The average Bonchev–Trinajstić information content (AvgIpc) is 3.40. The molecule has 0 fully saturated rings. The Labute approximate surface area is 185 Å². The first-order chi connectivity index (χ1) is 15.6. The van der Waals surface area contributed by atoms with Crippen LogP contribution >= 0.6 is 11.6 Å². The van der Waals surface area contributed by atoms with Gasteiger partial charge in [0.1, 0.15) is 33.2 Å². The number of aromatic hydroxyl groups is 2. The molecule has 0 saturated heterocycles. The summed E-state index contributed by atoms with van der Waals surface area (Å²) in [6.45, 7) is 0. The van der Waals surface area contributed by atoms with Gasteiger partial charge in [-0.1, -0.05) is 29.8 Å². The summed E-state index contributed by atoms with van der Waals surface area (Å²) in [5.41, 5.74) is 3.57. The van der Waals surface area contributed by atoms with Gasteiger partial charge < -0.3 is 19.0 Å². The number of furan rings is 2. The molecule has 5 nitrogen and oxygen atoms in total.